The summed E-state index contributed by atoms with van der Waals surface area (Å²) in [6, 6.07) is 12.8. The van der Waals surface area contributed by atoms with Gasteiger partial charge >= 0.3 is 6.09 Å². The molecule has 0 unspecified atom stereocenters. The van der Waals surface area contributed by atoms with E-state index in [0.29, 0.717) is 49.4 Å². The first-order chi connectivity index (χ1) is 13.6. The number of nitriles is 1. The van der Waals surface area contributed by atoms with Crippen LogP contribution in [0.15, 0.2) is 42.6 Å². The zero-order chi connectivity index (χ0) is 19.9. The third kappa shape index (κ3) is 4.46. The van der Waals surface area contributed by atoms with Gasteiger partial charge in [-0.3, -0.25) is 4.79 Å². The number of benzene rings is 1. The average Bonchev–Trinajstić information content (AvgIpc) is 2.74. The highest BCUT2D eigenvalue weighted by Gasteiger charge is 2.24. The Morgan fingerprint density at radius 1 is 1.29 bits per heavy atom. The van der Waals surface area contributed by atoms with Gasteiger partial charge in [0.2, 0.25) is 0 Å². The standard InChI is InChI=1S/C21H22N4O3/c1-2-28-21(27)25-11-8-17(9-12-25)24-20(26)16-6-3-5-15(13-16)18-7-4-10-23-19(18)14-22/h3-7,10,13,17H,2,8-9,11-12H2,1H3,(H,24,26). The van der Waals surface area contributed by atoms with Crippen molar-refractivity contribution in [3.05, 3.63) is 53.9 Å². The zero-order valence-electron chi connectivity index (χ0n) is 15.7. The van der Waals surface area contributed by atoms with Crippen LogP contribution in [0.2, 0.25) is 0 Å². The number of hydrogen-bond donors (Lipinski definition) is 1. The molecule has 0 aliphatic carbocycles. The molecule has 1 aromatic heterocycles. The number of likely N-dealkylation sites (tertiary alicyclic amines) is 1. The van der Waals surface area contributed by atoms with Gasteiger partial charge in [0.15, 0.2) is 0 Å². The molecule has 144 valence electrons. The third-order valence-electron chi connectivity index (χ3n) is 4.71. The molecule has 1 aromatic carbocycles. The second-order valence-corrected chi connectivity index (χ2v) is 6.53. The Hall–Kier alpha value is -3.40. The molecular formula is C21H22N4O3. The number of amides is 2. The Balaban J connectivity index is 1.65. The van der Waals surface area contributed by atoms with Gasteiger partial charge < -0.3 is 15.0 Å². The first kappa shape index (κ1) is 19.4. The van der Waals surface area contributed by atoms with Crippen LogP contribution in [0, 0.1) is 11.3 Å². The van der Waals surface area contributed by atoms with Gasteiger partial charge in [-0.2, -0.15) is 5.26 Å². The molecule has 2 amide bonds. The lowest BCUT2D eigenvalue weighted by Crippen LogP contribution is -2.46. The van der Waals surface area contributed by atoms with Crippen molar-refractivity contribution in [2.45, 2.75) is 25.8 Å². The Labute approximate surface area is 163 Å². The highest BCUT2D eigenvalue weighted by atomic mass is 16.6. The maximum absolute atomic E-state index is 12.7. The quantitative estimate of drug-likeness (QED) is 0.882. The van der Waals surface area contributed by atoms with Gasteiger partial charge in [0, 0.05) is 36.5 Å². The molecule has 1 aliphatic heterocycles. The second-order valence-electron chi connectivity index (χ2n) is 6.53. The summed E-state index contributed by atoms with van der Waals surface area (Å²) in [6.07, 6.45) is 2.64. The Bertz CT molecular complexity index is 899. The van der Waals surface area contributed by atoms with Crippen LogP contribution >= 0.6 is 0 Å². The van der Waals surface area contributed by atoms with Crippen molar-refractivity contribution in [1.82, 2.24) is 15.2 Å². The van der Waals surface area contributed by atoms with Gasteiger partial charge in [0.05, 0.1) is 6.61 Å². The number of carbonyl (C=O) groups excluding carboxylic acids is 2. The van der Waals surface area contributed by atoms with E-state index in [1.807, 2.05) is 12.1 Å². The first-order valence-corrected chi connectivity index (χ1v) is 9.30. The lowest BCUT2D eigenvalue weighted by atomic mass is 10.0. The zero-order valence-corrected chi connectivity index (χ0v) is 15.7. The van der Waals surface area contributed by atoms with E-state index >= 15 is 0 Å². The summed E-state index contributed by atoms with van der Waals surface area (Å²) in [5.74, 6) is -0.168. The molecule has 2 heterocycles. The highest BCUT2D eigenvalue weighted by Crippen LogP contribution is 2.23. The molecule has 1 N–H and O–H groups in total. The van der Waals surface area contributed by atoms with Gasteiger partial charge in [0.25, 0.3) is 5.91 Å². The smallest absolute Gasteiger partial charge is 0.409 e. The maximum Gasteiger partial charge on any atom is 0.409 e. The van der Waals surface area contributed by atoms with Gasteiger partial charge in [-0.1, -0.05) is 12.1 Å². The molecule has 7 heteroatoms. The summed E-state index contributed by atoms with van der Waals surface area (Å²) in [7, 11) is 0. The fourth-order valence-corrected chi connectivity index (χ4v) is 3.25. The predicted molar refractivity (Wildman–Crippen MR) is 103 cm³/mol. The molecule has 0 spiro atoms. The van der Waals surface area contributed by atoms with E-state index in [-0.39, 0.29) is 18.0 Å². The van der Waals surface area contributed by atoms with E-state index in [4.69, 9.17) is 4.74 Å². The van der Waals surface area contributed by atoms with E-state index in [0.717, 1.165) is 5.56 Å². The van der Waals surface area contributed by atoms with Crippen LogP contribution in [0.3, 0.4) is 0 Å². The number of hydrogen-bond acceptors (Lipinski definition) is 5. The van der Waals surface area contributed by atoms with Crippen molar-refractivity contribution in [3.63, 3.8) is 0 Å². The van der Waals surface area contributed by atoms with Gasteiger partial charge in [-0.05, 0) is 49.6 Å². The summed E-state index contributed by atoms with van der Waals surface area (Å²) in [5, 5.41) is 12.3. The normalized spacial score (nSPS) is 14.2. The number of ether oxygens (including phenoxy) is 1. The lowest BCUT2D eigenvalue weighted by Gasteiger charge is -2.31. The van der Waals surface area contributed by atoms with Gasteiger partial charge in [0.1, 0.15) is 11.8 Å². The van der Waals surface area contributed by atoms with E-state index in [9.17, 15) is 14.9 Å². The molecule has 1 saturated heterocycles. The van der Waals surface area contributed by atoms with Crippen molar-refractivity contribution in [2.24, 2.45) is 0 Å². The van der Waals surface area contributed by atoms with Crippen LogP contribution in [0.4, 0.5) is 4.79 Å². The van der Waals surface area contributed by atoms with Crippen molar-refractivity contribution >= 4 is 12.0 Å². The predicted octanol–water partition coefficient (Wildman–Crippen LogP) is 2.97. The molecule has 1 aliphatic rings. The van der Waals surface area contributed by atoms with Gasteiger partial charge in [-0.25, -0.2) is 9.78 Å². The molecular weight excluding hydrogens is 356 g/mol. The Morgan fingerprint density at radius 3 is 2.79 bits per heavy atom. The monoisotopic (exact) mass is 378 g/mol. The van der Waals surface area contributed by atoms with Crippen LogP contribution in [0.25, 0.3) is 11.1 Å². The molecule has 2 aromatic rings. The van der Waals surface area contributed by atoms with Crippen LogP contribution < -0.4 is 5.32 Å². The Kier molecular flexibility index (Phi) is 6.22. The molecule has 0 bridgehead atoms. The highest BCUT2D eigenvalue weighted by molar-refractivity contribution is 5.95. The van der Waals surface area contributed by atoms with E-state index < -0.39 is 0 Å². The molecule has 0 atom stereocenters. The largest absolute Gasteiger partial charge is 0.450 e. The Morgan fingerprint density at radius 2 is 2.07 bits per heavy atom. The van der Waals surface area contributed by atoms with Crippen LogP contribution in [-0.4, -0.2) is 47.6 Å². The number of carbonyl (C=O) groups is 2. The number of aromatic nitrogens is 1. The molecule has 0 saturated carbocycles. The van der Waals surface area contributed by atoms with E-state index in [1.165, 1.54) is 0 Å². The number of rotatable bonds is 4. The van der Waals surface area contributed by atoms with Crippen LogP contribution in [0.5, 0.6) is 0 Å². The van der Waals surface area contributed by atoms with Crippen LogP contribution in [0.1, 0.15) is 35.8 Å². The van der Waals surface area contributed by atoms with E-state index in [1.54, 1.807) is 42.3 Å². The third-order valence-corrected chi connectivity index (χ3v) is 4.71. The minimum atomic E-state index is -0.301. The van der Waals surface area contributed by atoms with E-state index in [2.05, 4.69) is 16.4 Å². The topological polar surface area (TPSA) is 95.3 Å². The maximum atomic E-state index is 12.7. The summed E-state index contributed by atoms with van der Waals surface area (Å²) in [6.45, 7) is 3.26. The number of pyridine rings is 1. The number of nitrogens with zero attached hydrogens (tertiary/aromatic N) is 3. The lowest BCUT2D eigenvalue weighted by molar-refractivity contribution is 0.0860. The number of piperidine rings is 1. The molecule has 0 radical (unpaired) electrons. The fraction of sp³-hybridized carbons (Fsp3) is 0.333. The van der Waals surface area contributed by atoms with Crippen molar-refractivity contribution in [3.8, 4) is 17.2 Å². The van der Waals surface area contributed by atoms with Crippen LogP contribution in [-0.2, 0) is 4.74 Å². The van der Waals surface area contributed by atoms with Crippen molar-refractivity contribution in [2.75, 3.05) is 19.7 Å². The summed E-state index contributed by atoms with van der Waals surface area (Å²) in [4.78, 5) is 30.2. The minimum absolute atomic E-state index is 0.00916. The molecule has 28 heavy (non-hydrogen) atoms. The summed E-state index contributed by atoms with van der Waals surface area (Å²) >= 11 is 0. The van der Waals surface area contributed by atoms with Crippen molar-refractivity contribution < 1.29 is 14.3 Å². The molecule has 3 rings (SSSR count). The fourth-order valence-electron chi connectivity index (χ4n) is 3.25. The first-order valence-electron chi connectivity index (χ1n) is 9.30. The average molecular weight is 378 g/mol. The summed E-state index contributed by atoms with van der Waals surface area (Å²) < 4.78 is 5.01. The second kappa shape index (κ2) is 9.00. The minimum Gasteiger partial charge on any atom is -0.450 e. The number of nitrogens with one attached hydrogen (secondary N) is 1. The van der Waals surface area contributed by atoms with Gasteiger partial charge in [-0.15, -0.1) is 0 Å². The molecule has 1 fully saturated rings. The van der Waals surface area contributed by atoms with Crippen molar-refractivity contribution in [1.29, 1.82) is 5.26 Å². The SMILES string of the molecule is CCOC(=O)N1CCC(NC(=O)c2cccc(-c3cccnc3C#N)c2)CC1. The molecule has 7 nitrogen and oxygen atoms in total. The summed E-state index contributed by atoms with van der Waals surface area (Å²) in [5.41, 5.74) is 2.32.